The third-order valence-corrected chi connectivity index (χ3v) is 2.77. The van der Waals surface area contributed by atoms with Gasteiger partial charge in [0.1, 0.15) is 6.29 Å². The van der Waals surface area contributed by atoms with E-state index in [1.807, 2.05) is 6.92 Å². The number of hydrogen-bond donors (Lipinski definition) is 0. The van der Waals surface area contributed by atoms with Crippen molar-refractivity contribution < 1.29 is 9.53 Å². The Balaban J connectivity index is 2.48. The van der Waals surface area contributed by atoms with Crippen molar-refractivity contribution in [2.24, 2.45) is 11.8 Å². The molecule has 0 N–H and O–H groups in total. The zero-order valence-corrected chi connectivity index (χ0v) is 7.25. The zero-order valence-electron chi connectivity index (χ0n) is 7.25. The van der Waals surface area contributed by atoms with Gasteiger partial charge in [0.25, 0.3) is 0 Å². The van der Waals surface area contributed by atoms with Gasteiger partial charge in [-0.3, -0.25) is 0 Å². The van der Waals surface area contributed by atoms with Gasteiger partial charge in [-0.2, -0.15) is 0 Å². The maximum absolute atomic E-state index is 10.6. The lowest BCUT2D eigenvalue weighted by Crippen LogP contribution is -2.23. The van der Waals surface area contributed by atoms with E-state index in [2.05, 4.69) is 0 Å². The van der Waals surface area contributed by atoms with Crippen LogP contribution in [0.1, 0.15) is 26.2 Å². The summed E-state index contributed by atoms with van der Waals surface area (Å²) in [7, 11) is 1.71. The lowest BCUT2D eigenvalue weighted by molar-refractivity contribution is -0.113. The Morgan fingerprint density at radius 3 is 2.82 bits per heavy atom. The summed E-state index contributed by atoms with van der Waals surface area (Å²) in [5.41, 5.74) is 0. The second-order valence-electron chi connectivity index (χ2n) is 3.34. The minimum absolute atomic E-state index is 0.243. The van der Waals surface area contributed by atoms with Gasteiger partial charge in [-0.15, -0.1) is 0 Å². The highest BCUT2D eigenvalue weighted by Crippen LogP contribution is 2.33. The van der Waals surface area contributed by atoms with Crippen LogP contribution in [0.4, 0.5) is 0 Å². The van der Waals surface area contributed by atoms with Crippen LogP contribution in [0.2, 0.25) is 0 Å². The zero-order chi connectivity index (χ0) is 8.27. The number of carbonyl (C=O) groups is 1. The molecule has 0 aliphatic heterocycles. The van der Waals surface area contributed by atoms with Gasteiger partial charge in [0, 0.05) is 13.0 Å². The van der Waals surface area contributed by atoms with E-state index in [0.29, 0.717) is 5.92 Å². The molecule has 0 saturated heterocycles. The summed E-state index contributed by atoms with van der Waals surface area (Å²) < 4.78 is 5.21. The molecule has 0 bridgehead atoms. The average Bonchev–Trinajstić information content (AvgIpc) is 2.50. The first-order valence-electron chi connectivity index (χ1n) is 4.27. The van der Waals surface area contributed by atoms with Gasteiger partial charge in [-0.25, -0.2) is 0 Å². The van der Waals surface area contributed by atoms with Crippen molar-refractivity contribution in [2.45, 2.75) is 32.3 Å². The fourth-order valence-corrected chi connectivity index (χ4v) is 1.94. The van der Waals surface area contributed by atoms with Gasteiger partial charge < -0.3 is 9.53 Å². The first-order chi connectivity index (χ1) is 5.29. The molecule has 11 heavy (non-hydrogen) atoms. The lowest BCUT2D eigenvalue weighted by atomic mass is 9.93. The van der Waals surface area contributed by atoms with Crippen molar-refractivity contribution in [3.05, 3.63) is 0 Å². The van der Waals surface area contributed by atoms with Crippen molar-refractivity contribution in [2.75, 3.05) is 7.11 Å². The Hall–Kier alpha value is -0.370. The molecule has 1 aliphatic rings. The number of aldehydes is 1. The summed E-state index contributed by atoms with van der Waals surface area (Å²) in [5.74, 6) is 0.724. The molecule has 0 spiro atoms. The number of rotatable bonds is 3. The highest BCUT2D eigenvalue weighted by atomic mass is 16.5. The molecule has 0 aromatic heterocycles. The average molecular weight is 156 g/mol. The van der Waals surface area contributed by atoms with Crippen LogP contribution >= 0.6 is 0 Å². The maximum Gasteiger partial charge on any atom is 0.123 e. The Morgan fingerprint density at radius 2 is 2.27 bits per heavy atom. The predicted octanol–water partition coefficient (Wildman–Crippen LogP) is 1.64. The van der Waals surface area contributed by atoms with Crippen molar-refractivity contribution >= 4 is 6.29 Å². The summed E-state index contributed by atoms with van der Waals surface area (Å²) in [6.45, 7) is 2.05. The molecule has 1 rings (SSSR count). The number of ether oxygens (including phenoxy) is 1. The number of methoxy groups -OCH3 is 1. The molecule has 0 aromatic rings. The highest BCUT2D eigenvalue weighted by Gasteiger charge is 2.30. The molecule has 1 fully saturated rings. The smallest absolute Gasteiger partial charge is 0.123 e. The number of carbonyl (C=O) groups excluding carboxylic acids is 1. The summed E-state index contributed by atoms with van der Waals surface area (Å²) in [4.78, 5) is 10.6. The summed E-state index contributed by atoms with van der Waals surface area (Å²) >= 11 is 0. The maximum atomic E-state index is 10.6. The minimum Gasteiger partial charge on any atom is -0.381 e. The molecule has 0 unspecified atom stereocenters. The summed E-state index contributed by atoms with van der Waals surface area (Å²) in [5, 5.41) is 0. The van der Waals surface area contributed by atoms with E-state index in [4.69, 9.17) is 4.74 Å². The van der Waals surface area contributed by atoms with Crippen LogP contribution in [0, 0.1) is 11.8 Å². The molecule has 0 heterocycles. The molecule has 3 atom stereocenters. The van der Waals surface area contributed by atoms with Crippen LogP contribution in [0.3, 0.4) is 0 Å². The molecule has 2 nitrogen and oxygen atoms in total. The van der Waals surface area contributed by atoms with Crippen LogP contribution in [0.5, 0.6) is 0 Å². The second kappa shape index (κ2) is 3.86. The predicted molar refractivity (Wildman–Crippen MR) is 43.4 cm³/mol. The highest BCUT2D eigenvalue weighted by molar-refractivity contribution is 5.54. The first-order valence-corrected chi connectivity index (χ1v) is 4.27. The fourth-order valence-electron chi connectivity index (χ4n) is 1.94. The van der Waals surface area contributed by atoms with Crippen LogP contribution in [0.25, 0.3) is 0 Å². The van der Waals surface area contributed by atoms with Gasteiger partial charge in [-0.05, 0) is 25.7 Å². The van der Waals surface area contributed by atoms with Gasteiger partial charge in [0.15, 0.2) is 0 Å². The Bertz CT molecular complexity index is 134. The molecule has 64 valence electrons. The van der Waals surface area contributed by atoms with E-state index in [1.54, 1.807) is 7.11 Å². The topological polar surface area (TPSA) is 26.3 Å². The first kappa shape index (κ1) is 8.72. The Morgan fingerprint density at radius 1 is 1.55 bits per heavy atom. The quantitative estimate of drug-likeness (QED) is 0.580. The Labute approximate surface area is 67.9 Å². The van der Waals surface area contributed by atoms with Crippen LogP contribution in [-0.2, 0) is 9.53 Å². The van der Waals surface area contributed by atoms with Crippen molar-refractivity contribution in [3.63, 3.8) is 0 Å². The van der Waals surface area contributed by atoms with Crippen molar-refractivity contribution in [3.8, 4) is 0 Å². The Kier molecular flexibility index (Phi) is 3.06. The largest absolute Gasteiger partial charge is 0.381 e. The second-order valence-corrected chi connectivity index (χ2v) is 3.34. The molecule has 0 aromatic carbocycles. The standard InChI is InChI=1S/C9H16O2/c1-7(11-2)9-5-3-4-8(9)6-10/h6-9H,3-5H2,1-2H3/t7-,8-,9-/m0/s1. The molecule has 0 radical (unpaired) electrons. The van der Waals surface area contributed by atoms with Gasteiger partial charge in [0.05, 0.1) is 6.10 Å². The van der Waals surface area contributed by atoms with Gasteiger partial charge >= 0.3 is 0 Å². The number of hydrogen-bond acceptors (Lipinski definition) is 2. The third-order valence-electron chi connectivity index (χ3n) is 2.77. The van der Waals surface area contributed by atoms with Gasteiger partial charge in [0.2, 0.25) is 0 Å². The molecule has 1 aliphatic carbocycles. The molecular weight excluding hydrogens is 140 g/mol. The van der Waals surface area contributed by atoms with Crippen molar-refractivity contribution in [1.82, 2.24) is 0 Å². The lowest BCUT2D eigenvalue weighted by Gasteiger charge is -2.20. The van der Waals surface area contributed by atoms with E-state index in [1.165, 1.54) is 6.42 Å². The van der Waals surface area contributed by atoms with E-state index in [-0.39, 0.29) is 12.0 Å². The summed E-state index contributed by atoms with van der Waals surface area (Å²) in [6.07, 6.45) is 4.72. The van der Waals surface area contributed by atoms with E-state index in [9.17, 15) is 4.79 Å². The van der Waals surface area contributed by atoms with Crippen molar-refractivity contribution in [1.29, 1.82) is 0 Å². The van der Waals surface area contributed by atoms with Gasteiger partial charge in [-0.1, -0.05) is 6.42 Å². The fraction of sp³-hybridized carbons (Fsp3) is 0.889. The van der Waals surface area contributed by atoms with Crippen LogP contribution < -0.4 is 0 Å². The summed E-state index contributed by atoms with van der Waals surface area (Å²) in [6, 6.07) is 0. The molecule has 1 saturated carbocycles. The molecular formula is C9H16O2. The molecule has 2 heteroatoms. The normalized spacial score (nSPS) is 33.6. The van der Waals surface area contributed by atoms with E-state index >= 15 is 0 Å². The van der Waals surface area contributed by atoms with Crippen LogP contribution in [-0.4, -0.2) is 19.5 Å². The monoisotopic (exact) mass is 156 g/mol. The molecule has 0 amide bonds. The minimum atomic E-state index is 0.243. The third kappa shape index (κ3) is 1.80. The van der Waals surface area contributed by atoms with E-state index in [0.717, 1.165) is 19.1 Å². The SMILES string of the molecule is CO[C@@H](C)[C@@H]1CCC[C@H]1C=O. The van der Waals surface area contributed by atoms with Crippen LogP contribution in [0.15, 0.2) is 0 Å². The van der Waals surface area contributed by atoms with E-state index < -0.39 is 0 Å².